The van der Waals surface area contributed by atoms with Gasteiger partial charge in [-0.15, -0.1) is 0 Å². The van der Waals surface area contributed by atoms with E-state index >= 15 is 0 Å². The summed E-state index contributed by atoms with van der Waals surface area (Å²) in [4.78, 5) is 20.3. The summed E-state index contributed by atoms with van der Waals surface area (Å²) in [5.74, 6) is 0.405. The lowest BCUT2D eigenvalue weighted by molar-refractivity contribution is 0.628. The van der Waals surface area contributed by atoms with Gasteiger partial charge in [0.05, 0.1) is 17.5 Å². The van der Waals surface area contributed by atoms with Crippen molar-refractivity contribution in [3.63, 3.8) is 0 Å². The van der Waals surface area contributed by atoms with Gasteiger partial charge < -0.3 is 10.3 Å². The van der Waals surface area contributed by atoms with Crippen molar-refractivity contribution < 1.29 is 4.39 Å². The Balaban J connectivity index is 1.62. The zero-order valence-electron chi connectivity index (χ0n) is 13.3. The normalized spacial score (nSPS) is 10.9. The average molecular weight is 334 g/mol. The smallest absolute Gasteiger partial charge is 0.156 e. The van der Waals surface area contributed by atoms with Gasteiger partial charge in [0.25, 0.3) is 0 Å². The molecule has 0 aliphatic rings. The van der Waals surface area contributed by atoms with Crippen molar-refractivity contribution in [2.24, 2.45) is 0 Å². The molecule has 3 heterocycles. The summed E-state index contributed by atoms with van der Waals surface area (Å²) < 4.78 is 13.1. The summed E-state index contributed by atoms with van der Waals surface area (Å²) in [6, 6.07) is 10.0. The summed E-state index contributed by atoms with van der Waals surface area (Å²) >= 11 is 0. The number of nitrogens with zero attached hydrogens (tertiary/aromatic N) is 4. The number of anilines is 1. The lowest BCUT2D eigenvalue weighted by Crippen LogP contribution is -2.08. The maximum atomic E-state index is 13.1. The van der Waals surface area contributed by atoms with E-state index in [0.29, 0.717) is 17.9 Å². The molecule has 0 saturated carbocycles. The number of hydrogen-bond acceptors (Lipinski definition) is 5. The van der Waals surface area contributed by atoms with Crippen molar-refractivity contribution in [1.82, 2.24) is 24.9 Å². The standard InChI is InChI=1S/C18H15FN6/c19-13-3-1-12(2-4-13)15-5-6-16-17(25-15)18(24-11-23-16)21-8-7-14-9-20-10-22-14/h1-6,9-11H,7-8H2,(H,20,22)(H,21,23,24). The molecule has 2 N–H and O–H groups in total. The number of hydrogen-bond donors (Lipinski definition) is 2. The average Bonchev–Trinajstić information content (AvgIpc) is 3.16. The fourth-order valence-electron chi connectivity index (χ4n) is 2.59. The third-order valence-corrected chi connectivity index (χ3v) is 3.86. The van der Waals surface area contributed by atoms with Crippen LogP contribution in [0.1, 0.15) is 5.69 Å². The van der Waals surface area contributed by atoms with Gasteiger partial charge >= 0.3 is 0 Å². The van der Waals surface area contributed by atoms with Crippen LogP contribution < -0.4 is 5.32 Å². The molecule has 0 aliphatic heterocycles. The Morgan fingerprint density at radius 1 is 1.04 bits per heavy atom. The molecule has 1 aromatic carbocycles. The van der Waals surface area contributed by atoms with Gasteiger partial charge in [0.15, 0.2) is 5.82 Å². The molecule has 0 bridgehead atoms. The van der Waals surface area contributed by atoms with Gasteiger partial charge in [0.1, 0.15) is 17.7 Å². The van der Waals surface area contributed by atoms with Gasteiger partial charge in [-0.1, -0.05) is 0 Å². The second-order valence-electron chi connectivity index (χ2n) is 5.55. The first-order valence-corrected chi connectivity index (χ1v) is 7.88. The summed E-state index contributed by atoms with van der Waals surface area (Å²) in [6.07, 6.45) is 5.76. The number of fused-ring (bicyclic) bond motifs is 1. The summed E-state index contributed by atoms with van der Waals surface area (Å²) in [7, 11) is 0. The van der Waals surface area contributed by atoms with Crippen molar-refractivity contribution in [1.29, 1.82) is 0 Å². The highest BCUT2D eigenvalue weighted by molar-refractivity contribution is 5.86. The number of aromatic nitrogens is 5. The molecular weight excluding hydrogens is 319 g/mol. The number of rotatable bonds is 5. The van der Waals surface area contributed by atoms with Crippen molar-refractivity contribution in [2.45, 2.75) is 6.42 Å². The molecule has 0 atom stereocenters. The molecule has 0 fully saturated rings. The monoisotopic (exact) mass is 334 g/mol. The van der Waals surface area contributed by atoms with Gasteiger partial charge in [-0.25, -0.2) is 24.3 Å². The van der Waals surface area contributed by atoms with E-state index < -0.39 is 0 Å². The topological polar surface area (TPSA) is 79.4 Å². The van der Waals surface area contributed by atoms with Gasteiger partial charge in [-0.05, 0) is 36.4 Å². The van der Waals surface area contributed by atoms with E-state index in [1.807, 2.05) is 12.1 Å². The molecular formula is C18H15FN6. The molecule has 4 rings (SSSR count). The number of benzene rings is 1. The van der Waals surface area contributed by atoms with E-state index in [-0.39, 0.29) is 5.82 Å². The van der Waals surface area contributed by atoms with E-state index in [1.165, 1.54) is 18.5 Å². The van der Waals surface area contributed by atoms with Crippen molar-refractivity contribution in [3.8, 4) is 11.3 Å². The Morgan fingerprint density at radius 2 is 1.92 bits per heavy atom. The minimum absolute atomic E-state index is 0.269. The molecule has 6 nitrogen and oxygen atoms in total. The van der Waals surface area contributed by atoms with E-state index in [0.717, 1.165) is 28.9 Å². The van der Waals surface area contributed by atoms with Gasteiger partial charge in [-0.2, -0.15) is 0 Å². The predicted molar refractivity (Wildman–Crippen MR) is 93.5 cm³/mol. The lowest BCUT2D eigenvalue weighted by atomic mass is 10.1. The third kappa shape index (κ3) is 3.30. The van der Waals surface area contributed by atoms with Crippen LogP contribution >= 0.6 is 0 Å². The van der Waals surface area contributed by atoms with E-state index in [2.05, 4.69) is 30.2 Å². The highest BCUT2D eigenvalue weighted by atomic mass is 19.1. The number of aromatic amines is 1. The molecule has 0 saturated heterocycles. The van der Waals surface area contributed by atoms with Gasteiger partial charge in [-0.3, -0.25) is 0 Å². The summed E-state index contributed by atoms with van der Waals surface area (Å²) in [5, 5.41) is 3.29. The lowest BCUT2D eigenvalue weighted by Gasteiger charge is -2.08. The van der Waals surface area contributed by atoms with Crippen molar-refractivity contribution in [3.05, 3.63) is 66.8 Å². The third-order valence-electron chi connectivity index (χ3n) is 3.86. The van der Waals surface area contributed by atoms with Crippen LogP contribution in [-0.4, -0.2) is 31.5 Å². The Labute approximate surface area is 143 Å². The number of nitrogens with one attached hydrogen (secondary N) is 2. The Kier molecular flexibility index (Phi) is 4.04. The minimum Gasteiger partial charge on any atom is -0.368 e. The SMILES string of the molecule is Fc1ccc(-c2ccc3ncnc(NCCc4cnc[nH]4)c3n2)cc1. The quantitative estimate of drug-likeness (QED) is 0.586. The van der Waals surface area contributed by atoms with E-state index in [9.17, 15) is 4.39 Å². The van der Waals surface area contributed by atoms with E-state index in [1.54, 1.807) is 24.7 Å². The highest BCUT2D eigenvalue weighted by Gasteiger charge is 2.08. The Bertz CT molecular complexity index is 982. The Hall–Kier alpha value is -3.35. The molecule has 7 heteroatoms. The zero-order chi connectivity index (χ0) is 17.1. The van der Waals surface area contributed by atoms with Crippen LogP contribution in [0.3, 0.4) is 0 Å². The largest absolute Gasteiger partial charge is 0.368 e. The van der Waals surface area contributed by atoms with E-state index in [4.69, 9.17) is 0 Å². The molecule has 0 spiro atoms. The fraction of sp³-hybridized carbons (Fsp3) is 0.111. The minimum atomic E-state index is -0.269. The summed E-state index contributed by atoms with van der Waals surface area (Å²) in [6.45, 7) is 0.691. The van der Waals surface area contributed by atoms with Crippen molar-refractivity contribution in [2.75, 3.05) is 11.9 Å². The molecule has 124 valence electrons. The van der Waals surface area contributed by atoms with Crippen LogP contribution in [0.25, 0.3) is 22.3 Å². The zero-order valence-corrected chi connectivity index (χ0v) is 13.3. The maximum Gasteiger partial charge on any atom is 0.156 e. The predicted octanol–water partition coefficient (Wildman–Crippen LogP) is 3.21. The first kappa shape index (κ1) is 15.2. The van der Waals surface area contributed by atoms with Crippen LogP contribution in [-0.2, 0) is 6.42 Å². The maximum absolute atomic E-state index is 13.1. The molecule has 3 aromatic heterocycles. The van der Waals surface area contributed by atoms with Crippen LogP contribution in [0.4, 0.5) is 10.2 Å². The molecule has 0 unspecified atom stereocenters. The van der Waals surface area contributed by atoms with Gasteiger partial charge in [0.2, 0.25) is 0 Å². The molecule has 4 aromatic rings. The number of H-pyrrole nitrogens is 1. The first-order chi connectivity index (χ1) is 12.3. The molecule has 25 heavy (non-hydrogen) atoms. The number of halogens is 1. The molecule has 0 amide bonds. The van der Waals surface area contributed by atoms with Crippen LogP contribution in [0.15, 0.2) is 55.2 Å². The summed E-state index contributed by atoms with van der Waals surface area (Å²) in [5.41, 5.74) is 4.08. The number of pyridine rings is 1. The molecule has 0 aliphatic carbocycles. The second-order valence-corrected chi connectivity index (χ2v) is 5.55. The first-order valence-electron chi connectivity index (χ1n) is 7.88. The van der Waals surface area contributed by atoms with Crippen LogP contribution in [0, 0.1) is 5.82 Å². The van der Waals surface area contributed by atoms with Crippen molar-refractivity contribution >= 4 is 16.9 Å². The fourth-order valence-corrected chi connectivity index (χ4v) is 2.59. The second kappa shape index (κ2) is 6.64. The van der Waals surface area contributed by atoms with Crippen LogP contribution in [0.2, 0.25) is 0 Å². The highest BCUT2D eigenvalue weighted by Crippen LogP contribution is 2.23. The Morgan fingerprint density at radius 3 is 2.72 bits per heavy atom. The number of imidazole rings is 1. The van der Waals surface area contributed by atoms with Gasteiger partial charge in [0, 0.05) is 30.4 Å². The molecule has 0 radical (unpaired) electrons. The van der Waals surface area contributed by atoms with Crippen LogP contribution in [0.5, 0.6) is 0 Å².